The molecular formula is C17H36NO3+. The number of nitrogens with zero attached hydrogens (tertiary/aromatic N) is 1. The van der Waals surface area contributed by atoms with Gasteiger partial charge in [0, 0.05) is 0 Å². The highest BCUT2D eigenvalue weighted by Crippen LogP contribution is 2.11. The number of hydrogen-bond donors (Lipinski definition) is 1. The average molecular weight is 302 g/mol. The Labute approximate surface area is 131 Å². The van der Waals surface area contributed by atoms with Crippen molar-refractivity contribution in [3.8, 4) is 0 Å². The summed E-state index contributed by atoms with van der Waals surface area (Å²) in [6, 6.07) is 0. The summed E-state index contributed by atoms with van der Waals surface area (Å²) in [7, 11) is 4.28. The maximum atomic E-state index is 10.3. The second kappa shape index (κ2) is 12.9. The van der Waals surface area contributed by atoms with Gasteiger partial charge in [0.1, 0.15) is 13.2 Å². The van der Waals surface area contributed by atoms with Crippen LogP contribution in [0.2, 0.25) is 0 Å². The summed E-state index contributed by atoms with van der Waals surface area (Å²) in [4.78, 5) is 10.3. The fourth-order valence-corrected chi connectivity index (χ4v) is 2.52. The number of carboxylic acid groups (broad SMARTS) is 1. The van der Waals surface area contributed by atoms with Gasteiger partial charge in [-0.2, -0.15) is 0 Å². The highest BCUT2D eigenvalue weighted by molar-refractivity contribution is 5.56. The molecule has 0 fully saturated rings. The van der Waals surface area contributed by atoms with Crippen molar-refractivity contribution in [2.75, 3.05) is 33.8 Å². The molecule has 21 heavy (non-hydrogen) atoms. The Morgan fingerprint density at radius 3 is 1.81 bits per heavy atom. The van der Waals surface area contributed by atoms with Gasteiger partial charge < -0.3 is 14.3 Å². The molecule has 0 aromatic carbocycles. The molecule has 0 saturated carbocycles. The molecule has 0 heterocycles. The van der Waals surface area contributed by atoms with Gasteiger partial charge in [-0.25, -0.2) is 4.79 Å². The fourth-order valence-electron chi connectivity index (χ4n) is 2.52. The first kappa shape index (κ1) is 20.2. The van der Waals surface area contributed by atoms with E-state index in [1.165, 1.54) is 64.2 Å². The minimum Gasteiger partial charge on any atom is -0.450 e. The third kappa shape index (κ3) is 15.4. The molecule has 0 radical (unpaired) electrons. The summed E-state index contributed by atoms with van der Waals surface area (Å²) >= 11 is 0. The van der Waals surface area contributed by atoms with Crippen LogP contribution in [0.1, 0.15) is 71.1 Å². The predicted octanol–water partition coefficient (Wildman–Crippen LogP) is 4.68. The molecule has 126 valence electrons. The van der Waals surface area contributed by atoms with Crippen LogP contribution in [-0.2, 0) is 4.74 Å². The van der Waals surface area contributed by atoms with E-state index < -0.39 is 6.16 Å². The van der Waals surface area contributed by atoms with Crippen molar-refractivity contribution in [3.63, 3.8) is 0 Å². The number of likely N-dealkylation sites (N-methyl/N-ethyl adjacent to an activating group) is 1. The Balaban J connectivity index is 3.34. The van der Waals surface area contributed by atoms with E-state index in [1.807, 2.05) is 0 Å². The smallest absolute Gasteiger partial charge is 0.450 e. The zero-order chi connectivity index (χ0) is 16.0. The summed E-state index contributed by atoms with van der Waals surface area (Å²) in [5, 5.41) is 8.45. The van der Waals surface area contributed by atoms with Crippen molar-refractivity contribution >= 4 is 6.16 Å². The second-order valence-corrected chi connectivity index (χ2v) is 6.68. The van der Waals surface area contributed by atoms with Crippen LogP contribution in [0.25, 0.3) is 0 Å². The van der Waals surface area contributed by atoms with E-state index in [-0.39, 0.29) is 0 Å². The molecule has 0 spiro atoms. The van der Waals surface area contributed by atoms with Gasteiger partial charge in [0.15, 0.2) is 0 Å². The van der Waals surface area contributed by atoms with Gasteiger partial charge >= 0.3 is 6.16 Å². The van der Waals surface area contributed by atoms with Crippen LogP contribution in [0.15, 0.2) is 0 Å². The lowest BCUT2D eigenvalue weighted by Gasteiger charge is -2.29. The summed E-state index contributed by atoms with van der Waals surface area (Å²) < 4.78 is 5.42. The van der Waals surface area contributed by atoms with Crippen molar-refractivity contribution in [1.82, 2.24) is 0 Å². The van der Waals surface area contributed by atoms with Crippen molar-refractivity contribution in [1.29, 1.82) is 0 Å². The van der Waals surface area contributed by atoms with E-state index in [1.54, 1.807) is 0 Å². The monoisotopic (exact) mass is 302 g/mol. The van der Waals surface area contributed by atoms with Gasteiger partial charge in [-0.1, -0.05) is 58.3 Å². The van der Waals surface area contributed by atoms with Gasteiger partial charge in [0.05, 0.1) is 20.6 Å². The molecule has 0 aliphatic rings. The normalized spacial score (nSPS) is 11.6. The molecule has 0 aliphatic carbocycles. The van der Waals surface area contributed by atoms with Gasteiger partial charge in [-0.3, -0.25) is 0 Å². The topological polar surface area (TPSA) is 46.5 Å². The third-order valence-electron chi connectivity index (χ3n) is 4.04. The van der Waals surface area contributed by atoms with Crippen LogP contribution < -0.4 is 0 Å². The quantitative estimate of drug-likeness (QED) is 0.288. The maximum absolute atomic E-state index is 10.3. The molecule has 0 amide bonds. The number of rotatable bonds is 14. The van der Waals surface area contributed by atoms with Crippen molar-refractivity contribution in [2.45, 2.75) is 71.1 Å². The number of ether oxygens (including phenoxy) is 1. The van der Waals surface area contributed by atoms with Crippen LogP contribution in [0, 0.1) is 0 Å². The Bertz CT molecular complexity index is 254. The van der Waals surface area contributed by atoms with Gasteiger partial charge in [-0.05, 0) is 12.8 Å². The molecule has 0 saturated heterocycles. The van der Waals surface area contributed by atoms with E-state index in [4.69, 9.17) is 5.11 Å². The van der Waals surface area contributed by atoms with Crippen molar-refractivity contribution < 1.29 is 19.1 Å². The van der Waals surface area contributed by atoms with Crippen LogP contribution >= 0.6 is 0 Å². The van der Waals surface area contributed by atoms with Crippen molar-refractivity contribution in [2.24, 2.45) is 0 Å². The molecule has 0 aliphatic heterocycles. The molecule has 0 aromatic rings. The molecule has 0 rings (SSSR count). The van der Waals surface area contributed by atoms with Crippen LogP contribution in [0.4, 0.5) is 4.79 Å². The Hall–Kier alpha value is -0.770. The minimum absolute atomic E-state index is 0.292. The Morgan fingerprint density at radius 1 is 0.857 bits per heavy atom. The van der Waals surface area contributed by atoms with Crippen LogP contribution in [0.5, 0.6) is 0 Å². The first-order valence-electron chi connectivity index (χ1n) is 8.65. The first-order valence-corrected chi connectivity index (χ1v) is 8.65. The number of carbonyl (C=O) groups is 1. The summed E-state index contributed by atoms with van der Waals surface area (Å²) in [5.74, 6) is 0. The molecule has 0 aromatic heterocycles. The van der Waals surface area contributed by atoms with Crippen LogP contribution in [-0.4, -0.2) is 49.5 Å². The highest BCUT2D eigenvalue weighted by Gasteiger charge is 2.14. The van der Waals surface area contributed by atoms with Gasteiger partial charge in [-0.15, -0.1) is 0 Å². The fraction of sp³-hybridized carbons (Fsp3) is 0.941. The van der Waals surface area contributed by atoms with E-state index in [0.717, 1.165) is 17.6 Å². The molecular weight excluding hydrogens is 266 g/mol. The molecule has 1 N–H and O–H groups in total. The Morgan fingerprint density at radius 2 is 1.33 bits per heavy atom. The third-order valence-corrected chi connectivity index (χ3v) is 4.04. The zero-order valence-electron chi connectivity index (χ0n) is 14.4. The molecule has 0 unspecified atom stereocenters. The lowest BCUT2D eigenvalue weighted by atomic mass is 10.1. The van der Waals surface area contributed by atoms with E-state index in [9.17, 15) is 4.79 Å². The lowest BCUT2D eigenvalue weighted by molar-refractivity contribution is -0.890. The highest BCUT2D eigenvalue weighted by atomic mass is 16.7. The molecule has 0 atom stereocenters. The standard InChI is InChI=1S/C17H35NO3/c1-4-5-6-7-8-9-10-11-12-13-14-18(2,3)15-16-21-17(19)20/h4-16H2,1-3H3/p+1. The largest absolute Gasteiger partial charge is 0.505 e. The van der Waals surface area contributed by atoms with E-state index >= 15 is 0 Å². The summed E-state index contributed by atoms with van der Waals surface area (Å²) in [6.07, 6.45) is 12.3. The van der Waals surface area contributed by atoms with Crippen molar-refractivity contribution in [3.05, 3.63) is 0 Å². The van der Waals surface area contributed by atoms with E-state index in [0.29, 0.717) is 6.61 Å². The number of unbranched alkanes of at least 4 members (excludes halogenated alkanes) is 9. The second-order valence-electron chi connectivity index (χ2n) is 6.68. The lowest BCUT2D eigenvalue weighted by Crippen LogP contribution is -2.43. The van der Waals surface area contributed by atoms with Gasteiger partial charge in [0.25, 0.3) is 0 Å². The maximum Gasteiger partial charge on any atom is 0.505 e. The molecule has 0 bridgehead atoms. The Kier molecular flexibility index (Phi) is 12.5. The van der Waals surface area contributed by atoms with Crippen LogP contribution in [0.3, 0.4) is 0 Å². The molecule has 4 heteroatoms. The van der Waals surface area contributed by atoms with Gasteiger partial charge in [0.2, 0.25) is 0 Å². The molecule has 4 nitrogen and oxygen atoms in total. The number of quaternary nitrogens is 1. The van der Waals surface area contributed by atoms with E-state index in [2.05, 4.69) is 25.8 Å². The average Bonchev–Trinajstić information content (AvgIpc) is 2.40. The first-order chi connectivity index (χ1) is 9.98. The minimum atomic E-state index is -1.17. The SMILES string of the molecule is CCCCCCCCCCCC[N+](C)(C)CCOC(=O)O. The number of hydrogen-bond acceptors (Lipinski definition) is 2. The predicted molar refractivity (Wildman–Crippen MR) is 87.7 cm³/mol. The summed E-state index contributed by atoms with van der Waals surface area (Å²) in [5.41, 5.74) is 0. The zero-order valence-corrected chi connectivity index (χ0v) is 14.4. The summed E-state index contributed by atoms with van der Waals surface area (Å²) in [6.45, 7) is 4.40.